The van der Waals surface area contributed by atoms with Gasteiger partial charge in [0.15, 0.2) is 5.54 Å². The van der Waals surface area contributed by atoms with Crippen LogP contribution in [0.15, 0.2) is 54.1 Å². The number of amides is 2. The molecule has 2 aromatic carbocycles. The van der Waals surface area contributed by atoms with Gasteiger partial charge < -0.3 is 24.4 Å². The van der Waals surface area contributed by atoms with Gasteiger partial charge in [0, 0.05) is 31.3 Å². The molecule has 2 aliphatic heterocycles. The molecule has 2 aliphatic rings. The third-order valence-corrected chi connectivity index (χ3v) is 6.66. The molecule has 1 saturated heterocycles. The van der Waals surface area contributed by atoms with E-state index in [-0.39, 0.29) is 18.7 Å². The van der Waals surface area contributed by atoms with Crippen LogP contribution in [0.1, 0.15) is 44.2 Å². The highest BCUT2D eigenvalue weighted by molar-refractivity contribution is 6.50. The Morgan fingerprint density at radius 1 is 0.944 bits per heavy atom. The van der Waals surface area contributed by atoms with Gasteiger partial charge in [-0.05, 0) is 43.2 Å². The van der Waals surface area contributed by atoms with E-state index in [1.165, 1.54) is 12.0 Å². The van der Waals surface area contributed by atoms with Gasteiger partial charge in [0.2, 0.25) is 0 Å². The van der Waals surface area contributed by atoms with Crippen molar-refractivity contribution < 1.29 is 29.0 Å². The van der Waals surface area contributed by atoms with E-state index in [4.69, 9.17) is 9.47 Å². The first-order valence-electron chi connectivity index (χ1n) is 12.4. The second-order valence-electron chi connectivity index (χ2n) is 8.91. The fourth-order valence-corrected chi connectivity index (χ4v) is 4.96. The molecule has 8 nitrogen and oxygen atoms in total. The Labute approximate surface area is 211 Å². The zero-order valence-electron chi connectivity index (χ0n) is 21.0. The molecule has 1 spiro atoms. The van der Waals surface area contributed by atoms with Crippen molar-refractivity contribution in [1.82, 2.24) is 4.90 Å². The fourth-order valence-electron chi connectivity index (χ4n) is 4.96. The summed E-state index contributed by atoms with van der Waals surface area (Å²) in [5, 5.41) is 11.5. The van der Waals surface area contributed by atoms with Crippen molar-refractivity contribution in [2.45, 2.75) is 38.6 Å². The summed E-state index contributed by atoms with van der Waals surface area (Å²) >= 11 is 0. The molecule has 0 saturated carbocycles. The Morgan fingerprint density at radius 2 is 1.67 bits per heavy atom. The molecular weight excluding hydrogens is 460 g/mol. The third kappa shape index (κ3) is 3.95. The zero-order valence-corrected chi connectivity index (χ0v) is 21.0. The number of aliphatic hydroxyl groups is 1. The lowest BCUT2D eigenvalue weighted by atomic mass is 9.82. The van der Waals surface area contributed by atoms with Crippen LogP contribution in [0.25, 0.3) is 5.76 Å². The summed E-state index contributed by atoms with van der Waals surface area (Å²) in [5.74, 6) is -1.92. The van der Waals surface area contributed by atoms with Gasteiger partial charge in [-0.1, -0.05) is 38.5 Å². The molecule has 2 aromatic rings. The highest BCUT2D eigenvalue weighted by Gasteiger charge is 2.66. The van der Waals surface area contributed by atoms with Gasteiger partial charge in [0.1, 0.15) is 11.5 Å². The summed E-state index contributed by atoms with van der Waals surface area (Å²) in [4.78, 5) is 44.0. The number of benzene rings is 2. The van der Waals surface area contributed by atoms with E-state index in [0.717, 1.165) is 19.3 Å². The smallest absolute Gasteiger partial charge is 0.296 e. The van der Waals surface area contributed by atoms with Gasteiger partial charge in [-0.25, -0.2) is 0 Å². The molecule has 190 valence electrons. The topological polar surface area (TPSA) is 96.4 Å². The molecule has 0 aromatic heterocycles. The number of nitrogens with zero attached hydrogens (tertiary/aromatic N) is 2. The Morgan fingerprint density at radius 3 is 2.33 bits per heavy atom. The van der Waals surface area contributed by atoms with Crippen LogP contribution >= 0.6 is 0 Å². The number of ether oxygens (including phenoxy) is 2. The zero-order chi connectivity index (χ0) is 25.9. The van der Waals surface area contributed by atoms with Crippen LogP contribution in [-0.2, 0) is 24.7 Å². The number of rotatable bonds is 10. The molecule has 36 heavy (non-hydrogen) atoms. The van der Waals surface area contributed by atoms with Gasteiger partial charge in [-0.15, -0.1) is 0 Å². The first kappa shape index (κ1) is 25.4. The van der Waals surface area contributed by atoms with Crippen LogP contribution in [0.2, 0.25) is 0 Å². The lowest BCUT2D eigenvalue weighted by Crippen LogP contribution is -2.52. The van der Waals surface area contributed by atoms with Crippen molar-refractivity contribution in [3.63, 3.8) is 0 Å². The number of aliphatic hydroxyl groups excluding tert-OH is 1. The molecule has 1 atom stereocenters. The first-order chi connectivity index (χ1) is 17.4. The van der Waals surface area contributed by atoms with E-state index >= 15 is 0 Å². The number of likely N-dealkylation sites (tertiary alicyclic amines) is 1. The van der Waals surface area contributed by atoms with Crippen molar-refractivity contribution >= 4 is 29.0 Å². The maximum absolute atomic E-state index is 14.2. The van der Waals surface area contributed by atoms with E-state index < -0.39 is 28.9 Å². The van der Waals surface area contributed by atoms with Gasteiger partial charge in [0.05, 0.1) is 24.5 Å². The van der Waals surface area contributed by atoms with Gasteiger partial charge >= 0.3 is 0 Å². The van der Waals surface area contributed by atoms with E-state index in [0.29, 0.717) is 35.7 Å². The number of fused-ring (bicyclic) bond motifs is 2. The lowest BCUT2D eigenvalue weighted by Gasteiger charge is -2.34. The van der Waals surface area contributed by atoms with E-state index in [1.807, 2.05) is 26.0 Å². The lowest BCUT2D eigenvalue weighted by molar-refractivity contribution is -0.144. The molecule has 1 N–H and O–H groups in total. The Kier molecular flexibility index (Phi) is 7.45. The summed E-state index contributed by atoms with van der Waals surface area (Å²) in [6.45, 7) is 5.16. The minimum absolute atomic E-state index is 0.0172. The number of para-hydroxylation sites is 1. The molecule has 1 unspecified atom stereocenters. The summed E-state index contributed by atoms with van der Waals surface area (Å²) in [6.07, 6.45) is 2.47. The molecule has 4 rings (SSSR count). The first-order valence-corrected chi connectivity index (χ1v) is 12.4. The Balaban J connectivity index is 1.93. The van der Waals surface area contributed by atoms with E-state index in [9.17, 15) is 19.5 Å². The minimum atomic E-state index is -1.77. The molecule has 1 fully saturated rings. The average molecular weight is 493 g/mol. The quantitative estimate of drug-likeness (QED) is 0.308. The number of methoxy groups -OCH3 is 1. The van der Waals surface area contributed by atoms with E-state index in [2.05, 4.69) is 0 Å². The summed E-state index contributed by atoms with van der Waals surface area (Å²) in [7, 11) is 1.49. The molecular formula is C28H32N2O6. The number of ketones is 1. The maximum Gasteiger partial charge on any atom is 0.296 e. The standard InChI is InChI=1S/C28H32N2O6/c1-4-6-15-29-22-10-8-7-9-21(22)28(27(29)34)23(25(32)26(33)30(28)16-18-35-3)24(31)19-11-13-20(14-12-19)36-17-5-2/h7-14,31H,4-6,15-18H2,1-3H3. The summed E-state index contributed by atoms with van der Waals surface area (Å²) in [5.41, 5.74) is -0.527. The number of carbonyl (C=O) groups excluding carboxylic acids is 3. The number of hydrogen-bond donors (Lipinski definition) is 1. The van der Waals surface area contributed by atoms with Crippen molar-refractivity contribution in [1.29, 1.82) is 0 Å². The highest BCUT2D eigenvalue weighted by Crippen LogP contribution is 2.53. The molecule has 8 heteroatoms. The normalized spacial score (nSPS) is 20.5. The van der Waals surface area contributed by atoms with Crippen LogP contribution in [0.3, 0.4) is 0 Å². The number of unbranched alkanes of at least 4 members (excludes halogenated alkanes) is 1. The van der Waals surface area contributed by atoms with Crippen molar-refractivity contribution in [3.05, 3.63) is 65.2 Å². The predicted octanol–water partition coefficient (Wildman–Crippen LogP) is 3.84. The molecule has 2 amide bonds. The number of carbonyl (C=O) groups is 3. The number of anilines is 1. The number of Topliss-reactive ketones (excluding diaryl/α,β-unsaturated/α-hetero) is 1. The van der Waals surface area contributed by atoms with Crippen LogP contribution in [0.4, 0.5) is 5.69 Å². The molecule has 2 heterocycles. The van der Waals surface area contributed by atoms with Crippen LogP contribution in [-0.4, -0.2) is 61.0 Å². The van der Waals surface area contributed by atoms with Crippen LogP contribution in [0.5, 0.6) is 5.75 Å². The second-order valence-corrected chi connectivity index (χ2v) is 8.91. The monoisotopic (exact) mass is 492 g/mol. The number of hydrogen-bond acceptors (Lipinski definition) is 6. The molecule has 0 aliphatic carbocycles. The summed E-state index contributed by atoms with van der Waals surface area (Å²) < 4.78 is 10.8. The fraction of sp³-hybridized carbons (Fsp3) is 0.393. The van der Waals surface area contributed by atoms with E-state index in [1.54, 1.807) is 41.3 Å². The maximum atomic E-state index is 14.2. The van der Waals surface area contributed by atoms with Crippen LogP contribution < -0.4 is 9.64 Å². The van der Waals surface area contributed by atoms with Gasteiger partial charge in [-0.3, -0.25) is 14.4 Å². The van der Waals surface area contributed by atoms with Crippen molar-refractivity contribution in [2.24, 2.45) is 0 Å². The van der Waals surface area contributed by atoms with Crippen molar-refractivity contribution in [3.8, 4) is 5.75 Å². The molecule has 0 radical (unpaired) electrons. The largest absolute Gasteiger partial charge is 0.507 e. The Hall–Kier alpha value is -3.65. The van der Waals surface area contributed by atoms with Crippen molar-refractivity contribution in [2.75, 3.05) is 38.3 Å². The van der Waals surface area contributed by atoms with Crippen LogP contribution in [0, 0.1) is 0 Å². The van der Waals surface area contributed by atoms with Gasteiger partial charge in [-0.2, -0.15) is 0 Å². The molecule has 0 bridgehead atoms. The SMILES string of the molecule is CCCCN1C(=O)C2(C(=C(O)c3ccc(OCCC)cc3)C(=O)C(=O)N2CCOC)c2ccccc21. The van der Waals surface area contributed by atoms with Gasteiger partial charge in [0.25, 0.3) is 17.6 Å². The third-order valence-electron chi connectivity index (χ3n) is 6.66. The highest BCUT2D eigenvalue weighted by atomic mass is 16.5. The Bertz CT molecular complexity index is 1190. The summed E-state index contributed by atoms with van der Waals surface area (Å²) in [6, 6.07) is 13.8. The average Bonchev–Trinajstić information content (AvgIpc) is 3.27. The second kappa shape index (κ2) is 10.5. The predicted molar refractivity (Wildman–Crippen MR) is 136 cm³/mol. The minimum Gasteiger partial charge on any atom is -0.507 e.